The maximum absolute atomic E-state index is 12.5. The summed E-state index contributed by atoms with van der Waals surface area (Å²) in [6, 6.07) is 4.34. The van der Waals surface area contributed by atoms with Gasteiger partial charge in [0.25, 0.3) is 5.91 Å². The molecule has 2 bridgehead atoms. The Morgan fingerprint density at radius 3 is 2.78 bits per heavy atom. The van der Waals surface area contributed by atoms with Crippen LogP contribution in [0.2, 0.25) is 0 Å². The highest BCUT2D eigenvalue weighted by molar-refractivity contribution is 5.95. The molecule has 0 spiro atoms. The van der Waals surface area contributed by atoms with Crippen LogP contribution >= 0.6 is 0 Å². The Morgan fingerprint density at radius 2 is 2.17 bits per heavy atom. The maximum Gasteiger partial charge on any atom is 0.273 e. The molecule has 0 aromatic carbocycles. The Kier molecular flexibility index (Phi) is 2.70. The number of carbonyl (C=O) groups is 1. The fraction of sp³-hybridized carbons (Fsp3) is 0.538. The number of hydrogen-bond acceptors (Lipinski definition) is 4. The zero-order chi connectivity index (χ0) is 12.7. The molecule has 2 saturated heterocycles. The summed E-state index contributed by atoms with van der Waals surface area (Å²) in [6.45, 7) is 3.70. The molecule has 2 fully saturated rings. The number of rotatable bonds is 2. The lowest BCUT2D eigenvalue weighted by atomic mass is 9.88. The Hall–Kier alpha value is -1.62. The topological polar surface area (TPSA) is 54.5 Å². The number of nitrogens with one attached hydrogen (secondary N) is 1. The van der Waals surface area contributed by atoms with Gasteiger partial charge in [-0.1, -0.05) is 6.07 Å². The van der Waals surface area contributed by atoms with Crippen LogP contribution in [0.25, 0.3) is 0 Å². The molecule has 1 aromatic heterocycles. The summed E-state index contributed by atoms with van der Waals surface area (Å²) in [4.78, 5) is 18.8. The van der Waals surface area contributed by atoms with Crippen LogP contribution in [0.15, 0.2) is 12.1 Å². The van der Waals surface area contributed by atoms with Gasteiger partial charge in [0.1, 0.15) is 5.69 Å². The van der Waals surface area contributed by atoms with Crippen LogP contribution in [0, 0.1) is 6.92 Å². The molecule has 2 atom stereocenters. The molecule has 1 N–H and O–H groups in total. The third-order valence-electron chi connectivity index (χ3n) is 3.81. The van der Waals surface area contributed by atoms with E-state index in [0.29, 0.717) is 23.7 Å². The van der Waals surface area contributed by atoms with Crippen molar-refractivity contribution in [1.29, 1.82) is 0 Å². The first-order chi connectivity index (χ1) is 8.70. The van der Waals surface area contributed by atoms with E-state index in [2.05, 4.69) is 10.3 Å². The van der Waals surface area contributed by atoms with Crippen LogP contribution in [0.5, 0.6) is 5.88 Å². The summed E-state index contributed by atoms with van der Waals surface area (Å²) in [5.41, 5.74) is 1.42. The number of aryl methyl sites for hydroxylation is 1. The highest BCUT2D eigenvalue weighted by Gasteiger charge is 2.45. The van der Waals surface area contributed by atoms with Gasteiger partial charge < -0.3 is 15.0 Å². The molecule has 2 aliphatic heterocycles. The van der Waals surface area contributed by atoms with E-state index in [4.69, 9.17) is 4.74 Å². The number of pyridine rings is 1. The Morgan fingerprint density at radius 1 is 1.44 bits per heavy atom. The van der Waals surface area contributed by atoms with Crippen LogP contribution in [-0.4, -0.2) is 48.1 Å². The molecule has 5 heteroatoms. The largest absolute Gasteiger partial charge is 0.481 e. The zero-order valence-electron chi connectivity index (χ0n) is 10.6. The number of methoxy groups -OCH3 is 1. The highest BCUT2D eigenvalue weighted by Crippen LogP contribution is 2.30. The first kappa shape index (κ1) is 11.5. The second-order valence-corrected chi connectivity index (χ2v) is 4.93. The maximum atomic E-state index is 12.5. The molecule has 3 rings (SSSR count). The Bertz CT molecular complexity index is 475. The predicted molar refractivity (Wildman–Crippen MR) is 66.8 cm³/mol. The number of hydrogen-bond donors (Lipinski definition) is 1. The fourth-order valence-corrected chi connectivity index (χ4v) is 2.78. The van der Waals surface area contributed by atoms with Gasteiger partial charge in [-0.05, 0) is 18.9 Å². The molecule has 0 radical (unpaired) electrons. The molecule has 18 heavy (non-hydrogen) atoms. The third-order valence-corrected chi connectivity index (χ3v) is 3.81. The molecule has 0 aliphatic carbocycles. The van der Waals surface area contributed by atoms with E-state index in [-0.39, 0.29) is 5.91 Å². The molecule has 1 aromatic rings. The average Bonchev–Trinajstić information content (AvgIpc) is 2.40. The molecule has 2 unspecified atom stereocenters. The minimum atomic E-state index is 0.0363. The van der Waals surface area contributed by atoms with Gasteiger partial charge in [-0.15, -0.1) is 0 Å². The summed E-state index contributed by atoms with van der Waals surface area (Å²) in [6.07, 6.45) is 1.11. The van der Waals surface area contributed by atoms with Gasteiger partial charge in [0.15, 0.2) is 0 Å². The minimum absolute atomic E-state index is 0.0363. The summed E-state index contributed by atoms with van der Waals surface area (Å²) >= 11 is 0. The number of aromatic nitrogens is 1. The van der Waals surface area contributed by atoms with Crippen molar-refractivity contribution in [2.24, 2.45) is 0 Å². The lowest BCUT2D eigenvalue weighted by Crippen LogP contribution is -2.69. The first-order valence-electron chi connectivity index (χ1n) is 6.25. The Balaban J connectivity index is 1.88. The average molecular weight is 247 g/mol. The van der Waals surface area contributed by atoms with Gasteiger partial charge in [0.2, 0.25) is 5.88 Å². The van der Waals surface area contributed by atoms with Crippen molar-refractivity contribution in [3.05, 3.63) is 23.4 Å². The van der Waals surface area contributed by atoms with Crippen molar-refractivity contribution in [1.82, 2.24) is 15.2 Å². The fourth-order valence-electron chi connectivity index (χ4n) is 2.78. The molecule has 3 heterocycles. The van der Waals surface area contributed by atoms with E-state index >= 15 is 0 Å². The van der Waals surface area contributed by atoms with Crippen molar-refractivity contribution >= 4 is 5.91 Å². The van der Waals surface area contributed by atoms with Crippen molar-refractivity contribution in [2.75, 3.05) is 20.2 Å². The molecule has 5 nitrogen and oxygen atoms in total. The molecule has 2 aliphatic rings. The van der Waals surface area contributed by atoms with Crippen molar-refractivity contribution in [3.63, 3.8) is 0 Å². The van der Waals surface area contributed by atoms with Gasteiger partial charge in [0.05, 0.1) is 7.11 Å². The van der Waals surface area contributed by atoms with Gasteiger partial charge in [0, 0.05) is 31.2 Å². The summed E-state index contributed by atoms with van der Waals surface area (Å²) < 4.78 is 5.09. The van der Waals surface area contributed by atoms with E-state index in [1.807, 2.05) is 17.9 Å². The van der Waals surface area contributed by atoms with Crippen molar-refractivity contribution in [2.45, 2.75) is 25.4 Å². The first-order valence-corrected chi connectivity index (χ1v) is 6.25. The number of carbonyl (C=O) groups excluding carboxylic acids is 1. The molecule has 0 saturated carbocycles. The zero-order valence-corrected chi connectivity index (χ0v) is 10.6. The van der Waals surface area contributed by atoms with E-state index < -0.39 is 0 Å². The smallest absolute Gasteiger partial charge is 0.273 e. The minimum Gasteiger partial charge on any atom is -0.481 e. The second kappa shape index (κ2) is 4.24. The predicted octanol–water partition coefficient (Wildman–Crippen LogP) is 0.585. The van der Waals surface area contributed by atoms with Crippen molar-refractivity contribution < 1.29 is 9.53 Å². The van der Waals surface area contributed by atoms with Crippen molar-refractivity contribution in [3.8, 4) is 5.88 Å². The monoisotopic (exact) mass is 247 g/mol. The van der Waals surface area contributed by atoms with Gasteiger partial charge >= 0.3 is 0 Å². The van der Waals surface area contributed by atoms with Crippen LogP contribution in [0.4, 0.5) is 0 Å². The highest BCUT2D eigenvalue weighted by atomic mass is 16.5. The summed E-state index contributed by atoms with van der Waals surface area (Å²) in [5, 5.41) is 3.32. The van der Waals surface area contributed by atoms with E-state index in [9.17, 15) is 4.79 Å². The van der Waals surface area contributed by atoms with E-state index in [0.717, 1.165) is 25.1 Å². The quantitative estimate of drug-likeness (QED) is 0.831. The van der Waals surface area contributed by atoms with Crippen LogP contribution in [0.3, 0.4) is 0 Å². The lowest BCUT2D eigenvalue weighted by Gasteiger charge is -2.52. The molecular weight excluding hydrogens is 230 g/mol. The summed E-state index contributed by atoms with van der Waals surface area (Å²) in [5.74, 6) is 0.530. The van der Waals surface area contributed by atoms with E-state index in [1.54, 1.807) is 13.2 Å². The number of amides is 1. The van der Waals surface area contributed by atoms with Crippen LogP contribution < -0.4 is 10.1 Å². The third kappa shape index (κ3) is 1.66. The standard InChI is InChI=1S/C13H17N3O2/c1-8-3-4-11(18-2)15-12(8)13(17)16-9-5-10(16)7-14-6-9/h3-4,9-10,14H,5-7H2,1-2H3. The van der Waals surface area contributed by atoms with Gasteiger partial charge in [-0.25, -0.2) is 4.98 Å². The normalized spacial score (nSPS) is 25.6. The Labute approximate surface area is 106 Å². The second-order valence-electron chi connectivity index (χ2n) is 4.93. The number of nitrogens with zero attached hydrogens (tertiary/aromatic N) is 2. The van der Waals surface area contributed by atoms with Crippen LogP contribution in [0.1, 0.15) is 22.5 Å². The number of piperazine rings is 1. The SMILES string of the molecule is COc1ccc(C)c(C(=O)N2C3CNCC2C3)n1. The van der Waals surface area contributed by atoms with Crippen LogP contribution in [-0.2, 0) is 0 Å². The molecular formula is C13H17N3O2. The van der Waals surface area contributed by atoms with Gasteiger partial charge in [-0.2, -0.15) is 0 Å². The molecule has 96 valence electrons. The van der Waals surface area contributed by atoms with Gasteiger partial charge in [-0.3, -0.25) is 4.79 Å². The number of ether oxygens (including phenoxy) is 1. The number of piperidine rings is 1. The summed E-state index contributed by atoms with van der Waals surface area (Å²) in [7, 11) is 1.56. The van der Waals surface area contributed by atoms with E-state index in [1.165, 1.54) is 0 Å². The lowest BCUT2D eigenvalue weighted by molar-refractivity contribution is -0.00278. The number of fused-ring (bicyclic) bond motifs is 2. The molecule has 1 amide bonds.